The van der Waals surface area contributed by atoms with Gasteiger partial charge >= 0.3 is 17.9 Å². The molecule has 6 heteroatoms. The van der Waals surface area contributed by atoms with Crippen LogP contribution in [0.2, 0.25) is 0 Å². The van der Waals surface area contributed by atoms with Crippen molar-refractivity contribution in [1.29, 1.82) is 0 Å². The molecule has 0 aliphatic rings. The van der Waals surface area contributed by atoms with Gasteiger partial charge in [-0.3, -0.25) is 14.4 Å². The molecule has 0 aromatic heterocycles. The minimum Gasteiger partial charge on any atom is -0.462 e. The lowest BCUT2D eigenvalue weighted by atomic mass is 10.0. The second-order valence-corrected chi connectivity index (χ2v) is 18.5. The van der Waals surface area contributed by atoms with Gasteiger partial charge in [0.15, 0.2) is 6.10 Å². The van der Waals surface area contributed by atoms with Crippen LogP contribution in [0.1, 0.15) is 278 Å². The number of allylic oxidation sites excluding steroid dienone is 10. The largest absolute Gasteiger partial charge is 0.462 e. The predicted molar refractivity (Wildman–Crippen MR) is 279 cm³/mol. The van der Waals surface area contributed by atoms with E-state index in [0.717, 1.165) is 83.5 Å². The van der Waals surface area contributed by atoms with Crippen molar-refractivity contribution in [3.63, 3.8) is 0 Å². The van der Waals surface area contributed by atoms with E-state index in [2.05, 4.69) is 81.5 Å². The molecule has 0 fully saturated rings. The summed E-state index contributed by atoms with van der Waals surface area (Å²) < 4.78 is 16.8. The Hall–Kier alpha value is -2.89. The predicted octanol–water partition coefficient (Wildman–Crippen LogP) is 18.4. The van der Waals surface area contributed by atoms with E-state index in [-0.39, 0.29) is 37.5 Å². The van der Waals surface area contributed by atoms with E-state index in [1.807, 2.05) is 0 Å². The van der Waals surface area contributed by atoms with Gasteiger partial charge in [-0.05, 0) is 83.5 Å². The summed E-state index contributed by atoms with van der Waals surface area (Å²) >= 11 is 0. The maximum atomic E-state index is 12.8. The molecule has 376 valence electrons. The third kappa shape index (κ3) is 51.9. The summed E-state index contributed by atoms with van der Waals surface area (Å²) in [5, 5.41) is 0. The van der Waals surface area contributed by atoms with Gasteiger partial charge in [0.2, 0.25) is 0 Å². The van der Waals surface area contributed by atoms with Crippen LogP contribution in [-0.2, 0) is 28.6 Å². The fourth-order valence-corrected chi connectivity index (χ4v) is 7.84. The van der Waals surface area contributed by atoms with Crippen molar-refractivity contribution in [3.05, 3.63) is 60.8 Å². The molecule has 0 rings (SSSR count). The third-order valence-corrected chi connectivity index (χ3v) is 12.0. The zero-order valence-corrected chi connectivity index (χ0v) is 43.0. The molecule has 0 aliphatic carbocycles. The Kier molecular flexibility index (Phi) is 51.3. The van der Waals surface area contributed by atoms with E-state index in [0.29, 0.717) is 19.3 Å². The Balaban J connectivity index is 4.40. The normalized spacial score (nSPS) is 12.5. The summed E-state index contributed by atoms with van der Waals surface area (Å²) in [5.74, 6) is -0.932. The highest BCUT2D eigenvalue weighted by atomic mass is 16.6. The van der Waals surface area contributed by atoms with E-state index >= 15 is 0 Å². The van der Waals surface area contributed by atoms with Crippen LogP contribution in [0.15, 0.2) is 60.8 Å². The molecule has 0 aromatic rings. The van der Waals surface area contributed by atoms with Crippen LogP contribution < -0.4 is 0 Å². The van der Waals surface area contributed by atoms with Gasteiger partial charge in [-0.1, -0.05) is 236 Å². The number of rotatable bonds is 50. The molecule has 0 saturated heterocycles. The number of carbonyl (C=O) groups excluding carboxylic acids is 3. The maximum absolute atomic E-state index is 12.8. The summed E-state index contributed by atoms with van der Waals surface area (Å²) in [5.41, 5.74) is 0. The van der Waals surface area contributed by atoms with Crippen LogP contribution in [0.3, 0.4) is 0 Å². The van der Waals surface area contributed by atoms with Crippen LogP contribution in [-0.4, -0.2) is 37.2 Å². The van der Waals surface area contributed by atoms with E-state index in [1.165, 1.54) is 148 Å². The van der Waals surface area contributed by atoms with Gasteiger partial charge in [0, 0.05) is 19.3 Å². The van der Waals surface area contributed by atoms with Gasteiger partial charge in [-0.2, -0.15) is 0 Å². The maximum Gasteiger partial charge on any atom is 0.306 e. The fraction of sp³-hybridized carbons (Fsp3) is 0.780. The standard InChI is InChI=1S/C59H104O6/c1-4-7-10-13-16-19-22-25-28-29-30-32-34-37-40-43-46-49-52-58(61)64-55-56(54-63-57(60)51-48-45-42-39-36-33-27-24-21-18-15-12-9-6-3)65-59(62)53-50-47-44-41-38-35-31-26-23-20-17-14-11-8-5-2/h8,11,17,20,24,26-27,31,38,41,56H,4-7,9-10,12-16,18-19,21-23,25,28-30,32-37,39-40,42-55H2,1-3H3/b11-8-,20-17-,27-24-,31-26-,41-38-. The molecular weight excluding hydrogens is 805 g/mol. The zero-order valence-electron chi connectivity index (χ0n) is 43.0. The number of hydrogen-bond acceptors (Lipinski definition) is 6. The minimum absolute atomic E-state index is 0.0911. The van der Waals surface area contributed by atoms with Crippen molar-refractivity contribution in [1.82, 2.24) is 0 Å². The van der Waals surface area contributed by atoms with Crippen LogP contribution in [0.4, 0.5) is 0 Å². The lowest BCUT2D eigenvalue weighted by Crippen LogP contribution is -2.30. The molecule has 0 amide bonds. The zero-order chi connectivity index (χ0) is 47.2. The van der Waals surface area contributed by atoms with Crippen molar-refractivity contribution in [3.8, 4) is 0 Å². The highest BCUT2D eigenvalue weighted by Gasteiger charge is 2.19. The number of hydrogen-bond donors (Lipinski definition) is 0. The Morgan fingerprint density at radius 3 is 0.985 bits per heavy atom. The Morgan fingerprint density at radius 2 is 0.600 bits per heavy atom. The number of unbranched alkanes of at least 4 members (excludes halogenated alkanes) is 29. The summed E-state index contributed by atoms with van der Waals surface area (Å²) in [4.78, 5) is 38.1. The molecule has 0 N–H and O–H groups in total. The van der Waals surface area contributed by atoms with Gasteiger partial charge in [-0.25, -0.2) is 0 Å². The quantitative estimate of drug-likeness (QED) is 0.0262. The minimum atomic E-state index is -0.797. The molecule has 0 aromatic carbocycles. The van der Waals surface area contributed by atoms with E-state index in [1.54, 1.807) is 0 Å². The highest BCUT2D eigenvalue weighted by molar-refractivity contribution is 5.71. The van der Waals surface area contributed by atoms with E-state index < -0.39 is 6.10 Å². The van der Waals surface area contributed by atoms with E-state index in [9.17, 15) is 14.4 Å². The van der Waals surface area contributed by atoms with Crippen molar-refractivity contribution < 1.29 is 28.6 Å². The summed E-state index contributed by atoms with van der Waals surface area (Å²) in [7, 11) is 0. The molecule has 0 radical (unpaired) electrons. The molecule has 1 unspecified atom stereocenters. The molecule has 1 atom stereocenters. The van der Waals surface area contributed by atoms with Gasteiger partial charge in [0.25, 0.3) is 0 Å². The molecule has 0 bridgehead atoms. The monoisotopic (exact) mass is 909 g/mol. The highest BCUT2D eigenvalue weighted by Crippen LogP contribution is 2.16. The fourth-order valence-electron chi connectivity index (χ4n) is 7.84. The number of esters is 3. The smallest absolute Gasteiger partial charge is 0.306 e. The van der Waals surface area contributed by atoms with Crippen molar-refractivity contribution in [2.24, 2.45) is 0 Å². The first-order valence-electron chi connectivity index (χ1n) is 27.8. The molecule has 0 saturated carbocycles. The third-order valence-electron chi connectivity index (χ3n) is 12.0. The summed E-state index contributed by atoms with van der Waals surface area (Å²) in [6.45, 7) is 6.50. The molecule has 0 aliphatic heterocycles. The molecule has 0 spiro atoms. The second kappa shape index (κ2) is 53.7. The van der Waals surface area contributed by atoms with Crippen LogP contribution in [0, 0.1) is 0 Å². The molecule has 65 heavy (non-hydrogen) atoms. The molecular formula is C59H104O6. The van der Waals surface area contributed by atoms with Crippen LogP contribution >= 0.6 is 0 Å². The second-order valence-electron chi connectivity index (χ2n) is 18.5. The first-order chi connectivity index (χ1) is 32.0. The van der Waals surface area contributed by atoms with Crippen LogP contribution in [0.5, 0.6) is 0 Å². The number of carbonyl (C=O) groups is 3. The van der Waals surface area contributed by atoms with Crippen molar-refractivity contribution in [2.75, 3.05) is 13.2 Å². The summed E-state index contributed by atoms with van der Waals surface area (Å²) in [6, 6.07) is 0. The SMILES string of the molecule is CC/C=C\C/C=C\C/C=C\C/C=C\CCCCC(=O)OC(COC(=O)CCCCCCC/C=C\CCCCCCC)COC(=O)CCCCCCCCCCCCCCCCCCCC. The van der Waals surface area contributed by atoms with Crippen LogP contribution in [0.25, 0.3) is 0 Å². The first-order valence-corrected chi connectivity index (χ1v) is 27.8. The Bertz CT molecular complexity index is 1180. The number of ether oxygens (including phenoxy) is 3. The van der Waals surface area contributed by atoms with Crippen molar-refractivity contribution in [2.45, 2.75) is 284 Å². The average molecular weight is 909 g/mol. The molecule has 0 heterocycles. The lowest BCUT2D eigenvalue weighted by Gasteiger charge is -2.18. The lowest BCUT2D eigenvalue weighted by molar-refractivity contribution is -0.167. The van der Waals surface area contributed by atoms with Gasteiger partial charge in [0.05, 0.1) is 0 Å². The van der Waals surface area contributed by atoms with E-state index in [4.69, 9.17) is 14.2 Å². The van der Waals surface area contributed by atoms with Crippen molar-refractivity contribution >= 4 is 17.9 Å². The Labute approximate surface area is 402 Å². The summed E-state index contributed by atoms with van der Waals surface area (Å²) in [6.07, 6.45) is 66.4. The first kappa shape index (κ1) is 62.1. The van der Waals surface area contributed by atoms with Gasteiger partial charge in [0.1, 0.15) is 13.2 Å². The average Bonchev–Trinajstić information content (AvgIpc) is 3.30. The molecule has 6 nitrogen and oxygen atoms in total. The Morgan fingerprint density at radius 1 is 0.323 bits per heavy atom. The van der Waals surface area contributed by atoms with Gasteiger partial charge < -0.3 is 14.2 Å². The topological polar surface area (TPSA) is 78.9 Å². The van der Waals surface area contributed by atoms with Gasteiger partial charge in [-0.15, -0.1) is 0 Å².